The molecule has 4 heteroatoms. The van der Waals surface area contributed by atoms with Crippen LogP contribution >= 0.6 is 11.8 Å². The van der Waals surface area contributed by atoms with Gasteiger partial charge in [-0.05, 0) is 24.7 Å². The lowest BCUT2D eigenvalue weighted by Gasteiger charge is -2.32. The summed E-state index contributed by atoms with van der Waals surface area (Å²) in [5.41, 5.74) is 0.671. The van der Waals surface area contributed by atoms with Crippen molar-refractivity contribution in [3.8, 4) is 5.75 Å². The Morgan fingerprint density at radius 3 is 2.81 bits per heavy atom. The molecule has 0 aliphatic carbocycles. The SMILES string of the molecule is CCNC(c1ccccc1F)C1CSc2ccccc2O1. The second kappa shape index (κ2) is 6.50. The number of likely N-dealkylation sites (N-methyl/N-ethyl adjacent to an activating group) is 1. The van der Waals surface area contributed by atoms with Gasteiger partial charge in [-0.1, -0.05) is 37.3 Å². The highest BCUT2D eigenvalue weighted by Gasteiger charge is 2.30. The van der Waals surface area contributed by atoms with Crippen molar-refractivity contribution >= 4 is 11.8 Å². The summed E-state index contributed by atoms with van der Waals surface area (Å²) in [7, 11) is 0. The van der Waals surface area contributed by atoms with E-state index in [4.69, 9.17) is 4.74 Å². The van der Waals surface area contributed by atoms with Gasteiger partial charge in [0.05, 0.1) is 6.04 Å². The molecule has 2 atom stereocenters. The Bertz CT molecular complexity index is 619. The summed E-state index contributed by atoms with van der Waals surface area (Å²) in [6.45, 7) is 2.79. The second-order valence-electron chi connectivity index (χ2n) is 4.97. The minimum Gasteiger partial charge on any atom is -0.486 e. The Balaban J connectivity index is 1.88. The molecule has 1 aliphatic rings. The molecular weight excluding hydrogens is 285 g/mol. The summed E-state index contributed by atoms with van der Waals surface area (Å²) in [6.07, 6.45) is -0.0817. The molecule has 2 unspecified atom stereocenters. The molecule has 0 saturated heterocycles. The van der Waals surface area contributed by atoms with Crippen LogP contribution in [0.2, 0.25) is 0 Å². The molecule has 0 aromatic heterocycles. The maximum Gasteiger partial charge on any atom is 0.133 e. The van der Waals surface area contributed by atoms with Gasteiger partial charge in [0.1, 0.15) is 17.7 Å². The summed E-state index contributed by atoms with van der Waals surface area (Å²) in [4.78, 5) is 1.15. The minimum atomic E-state index is -0.184. The van der Waals surface area contributed by atoms with Crippen LogP contribution in [0, 0.1) is 5.82 Å². The van der Waals surface area contributed by atoms with Crippen LogP contribution in [0.1, 0.15) is 18.5 Å². The van der Waals surface area contributed by atoms with Crippen LogP contribution in [-0.4, -0.2) is 18.4 Å². The number of benzene rings is 2. The van der Waals surface area contributed by atoms with E-state index in [1.165, 1.54) is 6.07 Å². The van der Waals surface area contributed by atoms with Crippen molar-refractivity contribution in [2.45, 2.75) is 24.0 Å². The topological polar surface area (TPSA) is 21.3 Å². The molecule has 0 bridgehead atoms. The van der Waals surface area contributed by atoms with Crippen molar-refractivity contribution in [2.75, 3.05) is 12.3 Å². The maximum atomic E-state index is 14.1. The fourth-order valence-corrected chi connectivity index (χ4v) is 3.63. The van der Waals surface area contributed by atoms with Gasteiger partial charge in [-0.25, -0.2) is 4.39 Å². The number of rotatable bonds is 4. The van der Waals surface area contributed by atoms with Crippen molar-refractivity contribution in [1.82, 2.24) is 5.32 Å². The van der Waals surface area contributed by atoms with Gasteiger partial charge in [-0.15, -0.1) is 11.8 Å². The van der Waals surface area contributed by atoms with Crippen LogP contribution in [0.15, 0.2) is 53.4 Å². The second-order valence-corrected chi connectivity index (χ2v) is 6.03. The summed E-state index contributed by atoms with van der Waals surface area (Å²) in [5.74, 6) is 1.51. The van der Waals surface area contributed by atoms with Gasteiger partial charge < -0.3 is 10.1 Å². The number of halogens is 1. The lowest BCUT2D eigenvalue weighted by molar-refractivity contribution is 0.165. The zero-order chi connectivity index (χ0) is 14.7. The number of nitrogens with one attached hydrogen (secondary N) is 1. The van der Waals surface area contributed by atoms with Gasteiger partial charge >= 0.3 is 0 Å². The van der Waals surface area contributed by atoms with Crippen LogP contribution in [-0.2, 0) is 0 Å². The number of fused-ring (bicyclic) bond motifs is 1. The third-order valence-corrected chi connectivity index (χ3v) is 4.71. The lowest BCUT2D eigenvalue weighted by Crippen LogP contribution is -2.39. The highest BCUT2D eigenvalue weighted by atomic mass is 32.2. The molecule has 0 saturated carbocycles. The average molecular weight is 303 g/mol. The zero-order valence-corrected chi connectivity index (χ0v) is 12.7. The van der Waals surface area contributed by atoms with Crippen LogP contribution in [0.25, 0.3) is 0 Å². The lowest BCUT2D eigenvalue weighted by atomic mass is 10.0. The number of thioether (sulfide) groups is 1. The van der Waals surface area contributed by atoms with Crippen molar-refractivity contribution in [3.05, 3.63) is 59.9 Å². The first-order valence-electron chi connectivity index (χ1n) is 7.16. The van der Waals surface area contributed by atoms with E-state index in [0.717, 1.165) is 22.9 Å². The summed E-state index contributed by atoms with van der Waals surface area (Å²) < 4.78 is 20.2. The van der Waals surface area contributed by atoms with Gasteiger partial charge in [0.15, 0.2) is 0 Å². The standard InChI is InChI=1S/C17H18FNOS/c1-2-19-17(12-7-3-4-8-13(12)18)15-11-21-16-10-6-5-9-14(16)20-15/h3-10,15,17,19H,2,11H2,1H3. The third kappa shape index (κ3) is 3.06. The predicted octanol–water partition coefficient (Wildman–Crippen LogP) is 4.03. The first-order valence-corrected chi connectivity index (χ1v) is 8.14. The van der Waals surface area contributed by atoms with E-state index in [1.807, 2.05) is 37.3 Å². The number of hydrogen-bond donors (Lipinski definition) is 1. The van der Waals surface area contributed by atoms with Gasteiger partial charge in [0.2, 0.25) is 0 Å². The van der Waals surface area contributed by atoms with Gasteiger partial charge in [0.25, 0.3) is 0 Å². The molecule has 1 N–H and O–H groups in total. The highest BCUT2D eigenvalue weighted by molar-refractivity contribution is 7.99. The number of para-hydroxylation sites is 1. The number of ether oxygens (including phenoxy) is 1. The number of hydrogen-bond acceptors (Lipinski definition) is 3. The molecule has 0 spiro atoms. The van der Waals surface area contributed by atoms with E-state index in [0.29, 0.717) is 5.56 Å². The van der Waals surface area contributed by atoms with E-state index in [9.17, 15) is 4.39 Å². The summed E-state index contributed by atoms with van der Waals surface area (Å²) in [6, 6.07) is 14.8. The Kier molecular flexibility index (Phi) is 4.46. The third-order valence-electron chi connectivity index (χ3n) is 3.57. The first kappa shape index (κ1) is 14.4. The van der Waals surface area contributed by atoms with Crippen molar-refractivity contribution in [3.63, 3.8) is 0 Å². The Labute approximate surface area is 128 Å². The first-order chi connectivity index (χ1) is 10.3. The minimum absolute atomic E-state index is 0.0817. The summed E-state index contributed by atoms with van der Waals surface area (Å²) in [5, 5.41) is 3.36. The largest absolute Gasteiger partial charge is 0.486 e. The van der Waals surface area contributed by atoms with E-state index in [-0.39, 0.29) is 18.0 Å². The molecule has 0 radical (unpaired) electrons. The monoisotopic (exact) mass is 303 g/mol. The van der Waals surface area contributed by atoms with Crippen molar-refractivity contribution in [1.29, 1.82) is 0 Å². The van der Waals surface area contributed by atoms with Crippen LogP contribution in [0.4, 0.5) is 4.39 Å². The fraction of sp³-hybridized carbons (Fsp3) is 0.294. The smallest absolute Gasteiger partial charge is 0.133 e. The average Bonchev–Trinajstić information content (AvgIpc) is 2.53. The highest BCUT2D eigenvalue weighted by Crippen LogP contribution is 2.38. The zero-order valence-electron chi connectivity index (χ0n) is 11.9. The van der Waals surface area contributed by atoms with E-state index in [2.05, 4.69) is 11.4 Å². The molecule has 2 aromatic rings. The molecule has 0 amide bonds. The van der Waals surface area contributed by atoms with E-state index < -0.39 is 0 Å². The molecule has 2 aromatic carbocycles. The maximum absolute atomic E-state index is 14.1. The predicted molar refractivity (Wildman–Crippen MR) is 84.4 cm³/mol. The van der Waals surface area contributed by atoms with Gasteiger partial charge in [-0.3, -0.25) is 0 Å². The van der Waals surface area contributed by atoms with Crippen molar-refractivity contribution in [2.24, 2.45) is 0 Å². The molecule has 3 rings (SSSR count). The van der Waals surface area contributed by atoms with Gasteiger partial charge in [-0.2, -0.15) is 0 Å². The van der Waals surface area contributed by atoms with Crippen LogP contribution in [0.5, 0.6) is 5.75 Å². The molecule has 110 valence electrons. The Morgan fingerprint density at radius 1 is 1.24 bits per heavy atom. The van der Waals surface area contributed by atoms with Crippen LogP contribution in [0.3, 0.4) is 0 Å². The fourth-order valence-electron chi connectivity index (χ4n) is 2.59. The van der Waals surface area contributed by atoms with Crippen LogP contribution < -0.4 is 10.1 Å². The summed E-state index contributed by atoms with van der Waals surface area (Å²) >= 11 is 1.76. The molecule has 1 heterocycles. The van der Waals surface area contributed by atoms with E-state index >= 15 is 0 Å². The van der Waals surface area contributed by atoms with Gasteiger partial charge in [0, 0.05) is 16.2 Å². The quantitative estimate of drug-likeness (QED) is 0.921. The molecule has 2 nitrogen and oxygen atoms in total. The molecule has 1 aliphatic heterocycles. The Morgan fingerprint density at radius 2 is 2.00 bits per heavy atom. The molecule has 0 fully saturated rings. The Hall–Kier alpha value is -1.52. The van der Waals surface area contributed by atoms with E-state index in [1.54, 1.807) is 17.8 Å². The molecule has 21 heavy (non-hydrogen) atoms. The molecular formula is C17H18FNOS. The van der Waals surface area contributed by atoms with Crippen molar-refractivity contribution < 1.29 is 9.13 Å². The normalized spacial score (nSPS) is 18.7.